The fourth-order valence-electron chi connectivity index (χ4n) is 0.540. The SMILES string of the molecule is CC(C)C(N)CNC(=O)CN.Cl. The third-order valence-corrected chi connectivity index (χ3v) is 1.58. The summed E-state index contributed by atoms with van der Waals surface area (Å²) in [6.07, 6.45) is 0. The van der Waals surface area contributed by atoms with E-state index in [1.54, 1.807) is 0 Å². The molecule has 0 aliphatic heterocycles. The number of hydrogen-bond donors (Lipinski definition) is 3. The number of carbonyl (C=O) groups is 1. The average molecular weight is 196 g/mol. The predicted octanol–water partition coefficient (Wildman–Crippen LogP) is -0.534. The van der Waals surface area contributed by atoms with Gasteiger partial charge in [-0.05, 0) is 5.92 Å². The van der Waals surface area contributed by atoms with Gasteiger partial charge in [-0.2, -0.15) is 0 Å². The highest BCUT2D eigenvalue weighted by Crippen LogP contribution is 1.95. The Bertz CT molecular complexity index is 130. The molecule has 4 nitrogen and oxygen atoms in total. The summed E-state index contributed by atoms with van der Waals surface area (Å²) in [5, 5.41) is 2.62. The first-order valence-electron chi connectivity index (χ1n) is 3.80. The molecule has 1 unspecified atom stereocenters. The molecule has 74 valence electrons. The van der Waals surface area contributed by atoms with Crippen molar-refractivity contribution in [3.05, 3.63) is 0 Å². The van der Waals surface area contributed by atoms with Crippen LogP contribution in [-0.4, -0.2) is 25.0 Å². The standard InChI is InChI=1S/C7H17N3O.ClH/c1-5(2)6(9)4-10-7(11)3-8;/h5-6H,3-4,8-9H2,1-2H3,(H,10,11);1H. The van der Waals surface area contributed by atoms with Crippen molar-refractivity contribution in [1.29, 1.82) is 0 Å². The lowest BCUT2D eigenvalue weighted by atomic mass is 10.1. The minimum absolute atomic E-state index is 0. The summed E-state index contributed by atoms with van der Waals surface area (Å²) in [5.74, 6) is 0.231. The fourth-order valence-corrected chi connectivity index (χ4v) is 0.540. The van der Waals surface area contributed by atoms with E-state index in [0.29, 0.717) is 12.5 Å². The number of rotatable bonds is 4. The van der Waals surface area contributed by atoms with Crippen molar-refractivity contribution in [3.8, 4) is 0 Å². The number of hydrogen-bond acceptors (Lipinski definition) is 3. The molecule has 0 aromatic heterocycles. The number of carbonyl (C=O) groups excluding carboxylic acids is 1. The molecule has 0 rings (SSSR count). The molecule has 0 spiro atoms. The van der Waals surface area contributed by atoms with Gasteiger partial charge in [0.25, 0.3) is 0 Å². The summed E-state index contributed by atoms with van der Waals surface area (Å²) >= 11 is 0. The lowest BCUT2D eigenvalue weighted by Gasteiger charge is -2.15. The molecule has 0 aliphatic carbocycles. The maximum atomic E-state index is 10.6. The fraction of sp³-hybridized carbons (Fsp3) is 0.857. The van der Waals surface area contributed by atoms with Crippen LogP contribution in [0.2, 0.25) is 0 Å². The van der Waals surface area contributed by atoms with Crippen LogP contribution in [-0.2, 0) is 4.79 Å². The zero-order chi connectivity index (χ0) is 8.85. The Morgan fingerprint density at radius 3 is 2.33 bits per heavy atom. The second kappa shape index (κ2) is 7.34. The van der Waals surface area contributed by atoms with Crippen molar-refractivity contribution in [2.24, 2.45) is 17.4 Å². The van der Waals surface area contributed by atoms with Crippen molar-refractivity contribution >= 4 is 18.3 Å². The maximum Gasteiger partial charge on any atom is 0.233 e. The van der Waals surface area contributed by atoms with Gasteiger partial charge in [-0.3, -0.25) is 4.79 Å². The molecule has 0 radical (unpaired) electrons. The Kier molecular flexibility index (Phi) is 8.69. The molecule has 0 saturated heterocycles. The lowest BCUT2D eigenvalue weighted by molar-refractivity contribution is -0.119. The first kappa shape index (κ1) is 14.2. The van der Waals surface area contributed by atoms with Crippen LogP contribution < -0.4 is 16.8 Å². The summed E-state index contributed by atoms with van der Waals surface area (Å²) < 4.78 is 0. The van der Waals surface area contributed by atoms with E-state index in [4.69, 9.17) is 11.5 Å². The van der Waals surface area contributed by atoms with E-state index in [2.05, 4.69) is 5.32 Å². The average Bonchev–Trinajstić information content (AvgIpc) is 1.99. The van der Waals surface area contributed by atoms with Crippen molar-refractivity contribution in [1.82, 2.24) is 5.32 Å². The molecule has 0 heterocycles. The first-order valence-corrected chi connectivity index (χ1v) is 3.80. The van der Waals surface area contributed by atoms with Gasteiger partial charge in [-0.1, -0.05) is 13.8 Å². The van der Waals surface area contributed by atoms with Gasteiger partial charge >= 0.3 is 0 Å². The molecule has 0 saturated carbocycles. The highest BCUT2D eigenvalue weighted by atomic mass is 35.5. The van der Waals surface area contributed by atoms with Crippen LogP contribution in [0.1, 0.15) is 13.8 Å². The second-order valence-corrected chi connectivity index (χ2v) is 2.92. The Balaban J connectivity index is 0. The van der Waals surface area contributed by atoms with Crippen LogP contribution in [0.25, 0.3) is 0 Å². The molecular formula is C7H18ClN3O. The van der Waals surface area contributed by atoms with Gasteiger partial charge in [0.2, 0.25) is 5.91 Å². The monoisotopic (exact) mass is 195 g/mol. The zero-order valence-corrected chi connectivity index (χ0v) is 8.36. The lowest BCUT2D eigenvalue weighted by Crippen LogP contribution is -2.42. The molecule has 0 aliphatic rings. The summed E-state index contributed by atoms with van der Waals surface area (Å²) in [7, 11) is 0. The number of halogens is 1. The van der Waals surface area contributed by atoms with Gasteiger partial charge < -0.3 is 16.8 Å². The van der Waals surface area contributed by atoms with Crippen molar-refractivity contribution in [2.75, 3.05) is 13.1 Å². The molecule has 5 N–H and O–H groups in total. The van der Waals surface area contributed by atoms with Crippen LogP contribution in [0, 0.1) is 5.92 Å². The maximum absolute atomic E-state index is 10.6. The van der Waals surface area contributed by atoms with Crippen LogP contribution in [0.5, 0.6) is 0 Å². The second-order valence-electron chi connectivity index (χ2n) is 2.92. The first-order chi connectivity index (χ1) is 5.07. The smallest absolute Gasteiger partial charge is 0.233 e. The van der Waals surface area contributed by atoms with Gasteiger partial charge in [0.05, 0.1) is 6.54 Å². The van der Waals surface area contributed by atoms with Gasteiger partial charge in [0.15, 0.2) is 0 Å². The van der Waals surface area contributed by atoms with Gasteiger partial charge in [-0.15, -0.1) is 12.4 Å². The van der Waals surface area contributed by atoms with E-state index < -0.39 is 0 Å². The van der Waals surface area contributed by atoms with E-state index in [1.807, 2.05) is 13.8 Å². The largest absolute Gasteiger partial charge is 0.353 e. The van der Waals surface area contributed by atoms with Gasteiger partial charge in [0, 0.05) is 12.6 Å². The van der Waals surface area contributed by atoms with E-state index in [0.717, 1.165) is 0 Å². The third kappa shape index (κ3) is 6.39. The normalized spacial score (nSPS) is 12.1. The Hall–Kier alpha value is -0.320. The minimum Gasteiger partial charge on any atom is -0.353 e. The van der Waals surface area contributed by atoms with E-state index >= 15 is 0 Å². The predicted molar refractivity (Wildman–Crippen MR) is 52.1 cm³/mol. The summed E-state index contributed by atoms with van der Waals surface area (Å²) in [6, 6.07) is 0.0190. The topological polar surface area (TPSA) is 81.1 Å². The quantitative estimate of drug-likeness (QED) is 0.564. The summed E-state index contributed by atoms with van der Waals surface area (Å²) in [5.41, 5.74) is 10.7. The molecule has 12 heavy (non-hydrogen) atoms. The highest BCUT2D eigenvalue weighted by Gasteiger charge is 2.07. The van der Waals surface area contributed by atoms with E-state index in [9.17, 15) is 4.79 Å². The van der Waals surface area contributed by atoms with Gasteiger partial charge in [0.1, 0.15) is 0 Å². The number of amides is 1. The molecule has 1 atom stereocenters. The molecule has 1 amide bonds. The molecule has 0 bridgehead atoms. The highest BCUT2D eigenvalue weighted by molar-refractivity contribution is 5.85. The van der Waals surface area contributed by atoms with Crippen molar-refractivity contribution in [3.63, 3.8) is 0 Å². The molecular weight excluding hydrogens is 178 g/mol. The van der Waals surface area contributed by atoms with Crippen LogP contribution >= 0.6 is 12.4 Å². The Labute approximate surface area is 79.5 Å². The molecule has 5 heteroatoms. The Morgan fingerprint density at radius 2 is 2.00 bits per heavy atom. The molecule has 0 aromatic carbocycles. The molecule has 0 fully saturated rings. The van der Waals surface area contributed by atoms with E-state index in [1.165, 1.54) is 0 Å². The number of nitrogens with one attached hydrogen (secondary N) is 1. The summed E-state index contributed by atoms with van der Waals surface area (Å²) in [4.78, 5) is 10.6. The zero-order valence-electron chi connectivity index (χ0n) is 7.54. The van der Waals surface area contributed by atoms with Gasteiger partial charge in [-0.25, -0.2) is 0 Å². The van der Waals surface area contributed by atoms with Crippen LogP contribution in [0.4, 0.5) is 0 Å². The Morgan fingerprint density at radius 1 is 1.50 bits per heavy atom. The van der Waals surface area contributed by atoms with Crippen molar-refractivity contribution < 1.29 is 4.79 Å². The third-order valence-electron chi connectivity index (χ3n) is 1.58. The van der Waals surface area contributed by atoms with Crippen LogP contribution in [0.3, 0.4) is 0 Å². The van der Waals surface area contributed by atoms with Crippen LogP contribution in [0.15, 0.2) is 0 Å². The van der Waals surface area contributed by atoms with Crippen molar-refractivity contribution in [2.45, 2.75) is 19.9 Å². The van der Waals surface area contributed by atoms with E-state index in [-0.39, 0.29) is 30.9 Å². The number of nitrogens with two attached hydrogens (primary N) is 2. The summed E-state index contributed by atoms with van der Waals surface area (Å²) in [6.45, 7) is 4.57. The molecule has 0 aromatic rings. The minimum atomic E-state index is -0.152.